The molecule has 4 rings (SSSR count). The van der Waals surface area contributed by atoms with Crippen molar-refractivity contribution in [1.29, 1.82) is 0 Å². The first-order chi connectivity index (χ1) is 14.1. The Labute approximate surface area is 171 Å². The molecule has 2 aromatic carbocycles. The summed E-state index contributed by atoms with van der Waals surface area (Å²) in [5, 5.41) is 15.3. The molecule has 0 spiro atoms. The molecule has 144 valence electrons. The lowest BCUT2D eigenvalue weighted by atomic mass is 10.2. The number of hydrogen-bond donors (Lipinski definition) is 1. The zero-order valence-corrected chi connectivity index (χ0v) is 16.2. The number of carbonyl (C=O) groups is 1. The van der Waals surface area contributed by atoms with Gasteiger partial charge in [-0.3, -0.25) is 4.79 Å². The van der Waals surface area contributed by atoms with Crippen LogP contribution in [0.2, 0.25) is 5.02 Å². The van der Waals surface area contributed by atoms with Gasteiger partial charge in [0.25, 0.3) is 5.91 Å². The molecule has 1 N–H and O–H groups in total. The molecule has 0 atom stereocenters. The van der Waals surface area contributed by atoms with E-state index in [1.807, 2.05) is 43.3 Å². The van der Waals surface area contributed by atoms with Gasteiger partial charge < -0.3 is 9.73 Å². The van der Waals surface area contributed by atoms with Crippen molar-refractivity contribution >= 4 is 35.0 Å². The van der Waals surface area contributed by atoms with Crippen LogP contribution in [-0.4, -0.2) is 26.1 Å². The topological polar surface area (TPSA) is 85.8 Å². The molecule has 29 heavy (non-hydrogen) atoms. The number of rotatable bonds is 5. The third-order valence-electron chi connectivity index (χ3n) is 4.21. The predicted octanol–water partition coefficient (Wildman–Crippen LogP) is 4.53. The Morgan fingerprint density at radius 1 is 1.14 bits per heavy atom. The molecule has 0 bridgehead atoms. The van der Waals surface area contributed by atoms with Crippen LogP contribution in [0.1, 0.15) is 11.3 Å². The molecule has 0 fully saturated rings. The highest BCUT2D eigenvalue weighted by Crippen LogP contribution is 2.24. The summed E-state index contributed by atoms with van der Waals surface area (Å²) >= 11 is 6.18. The van der Waals surface area contributed by atoms with Gasteiger partial charge >= 0.3 is 0 Å². The Balaban J connectivity index is 1.75. The van der Waals surface area contributed by atoms with E-state index in [9.17, 15) is 4.79 Å². The molecular formula is C21H16ClN5O2. The first-order valence-electron chi connectivity index (χ1n) is 8.79. The number of hydrogen-bond acceptors (Lipinski definition) is 5. The number of nitrogens with zero attached hydrogens (tertiary/aromatic N) is 4. The molecule has 2 heterocycles. The van der Waals surface area contributed by atoms with Crippen LogP contribution in [0, 0.1) is 6.92 Å². The first kappa shape index (κ1) is 18.6. The van der Waals surface area contributed by atoms with E-state index >= 15 is 0 Å². The van der Waals surface area contributed by atoms with Crippen LogP contribution in [-0.2, 0) is 4.79 Å². The second-order valence-electron chi connectivity index (χ2n) is 6.24. The van der Waals surface area contributed by atoms with Crippen molar-refractivity contribution in [2.45, 2.75) is 6.92 Å². The normalized spacial score (nSPS) is 11.4. The Kier molecular flexibility index (Phi) is 5.22. The molecule has 0 aliphatic heterocycles. The van der Waals surface area contributed by atoms with Gasteiger partial charge in [-0.1, -0.05) is 48.0 Å². The lowest BCUT2D eigenvalue weighted by Gasteiger charge is -2.11. The maximum atomic E-state index is 13.1. The summed E-state index contributed by atoms with van der Waals surface area (Å²) < 4.78 is 6.76. The van der Waals surface area contributed by atoms with Gasteiger partial charge in [-0.05, 0) is 47.2 Å². The van der Waals surface area contributed by atoms with Crippen molar-refractivity contribution < 1.29 is 9.21 Å². The SMILES string of the molecule is Cc1ccc(NC(=O)/C(=C/c2ccco2)n2nnnc2-c2ccccc2)cc1Cl. The fourth-order valence-corrected chi connectivity index (χ4v) is 2.89. The predicted molar refractivity (Wildman–Crippen MR) is 111 cm³/mol. The minimum absolute atomic E-state index is 0.195. The molecule has 0 unspecified atom stereocenters. The summed E-state index contributed by atoms with van der Waals surface area (Å²) in [6.07, 6.45) is 3.10. The minimum Gasteiger partial charge on any atom is -0.465 e. The average molecular weight is 406 g/mol. The molecule has 4 aromatic rings. The van der Waals surface area contributed by atoms with Gasteiger partial charge in [0.2, 0.25) is 0 Å². The number of carbonyl (C=O) groups excluding carboxylic acids is 1. The number of halogens is 1. The smallest absolute Gasteiger partial charge is 0.274 e. The second-order valence-corrected chi connectivity index (χ2v) is 6.65. The van der Waals surface area contributed by atoms with Crippen LogP contribution >= 0.6 is 11.6 Å². The van der Waals surface area contributed by atoms with Crippen LogP contribution in [0.5, 0.6) is 0 Å². The Morgan fingerprint density at radius 2 is 1.97 bits per heavy atom. The number of aryl methyl sites for hydroxylation is 1. The molecule has 0 radical (unpaired) electrons. The number of aromatic nitrogens is 4. The number of nitrogens with one attached hydrogen (secondary N) is 1. The quantitative estimate of drug-likeness (QED) is 0.493. The molecule has 0 aliphatic rings. The van der Waals surface area contributed by atoms with E-state index in [-0.39, 0.29) is 5.70 Å². The van der Waals surface area contributed by atoms with Gasteiger partial charge in [-0.2, -0.15) is 4.68 Å². The van der Waals surface area contributed by atoms with Gasteiger partial charge in [-0.25, -0.2) is 0 Å². The van der Waals surface area contributed by atoms with E-state index < -0.39 is 5.91 Å². The van der Waals surface area contributed by atoms with Gasteiger partial charge in [-0.15, -0.1) is 5.10 Å². The van der Waals surface area contributed by atoms with E-state index in [0.717, 1.165) is 11.1 Å². The molecule has 8 heteroatoms. The number of tetrazole rings is 1. The summed E-state index contributed by atoms with van der Waals surface area (Å²) in [6, 6.07) is 18.1. The third-order valence-corrected chi connectivity index (χ3v) is 4.62. The van der Waals surface area contributed by atoms with E-state index in [0.29, 0.717) is 22.3 Å². The van der Waals surface area contributed by atoms with Gasteiger partial charge in [0.05, 0.1) is 6.26 Å². The maximum absolute atomic E-state index is 13.1. The lowest BCUT2D eigenvalue weighted by molar-refractivity contribution is -0.111. The van der Waals surface area contributed by atoms with Crippen LogP contribution in [0.3, 0.4) is 0 Å². The number of anilines is 1. The van der Waals surface area contributed by atoms with Crippen molar-refractivity contribution in [1.82, 2.24) is 20.2 Å². The molecule has 0 saturated heterocycles. The molecule has 1 amide bonds. The number of benzene rings is 2. The largest absolute Gasteiger partial charge is 0.465 e. The van der Waals surface area contributed by atoms with Crippen molar-refractivity contribution in [3.8, 4) is 11.4 Å². The summed E-state index contributed by atoms with van der Waals surface area (Å²) in [5.74, 6) is 0.512. The zero-order valence-electron chi connectivity index (χ0n) is 15.4. The van der Waals surface area contributed by atoms with E-state index in [1.165, 1.54) is 10.9 Å². The third kappa shape index (κ3) is 4.09. The summed E-state index contributed by atoms with van der Waals surface area (Å²) in [4.78, 5) is 13.1. The molecule has 7 nitrogen and oxygen atoms in total. The van der Waals surface area contributed by atoms with Gasteiger partial charge in [0, 0.05) is 22.3 Å². The number of furan rings is 1. The standard InChI is InChI=1S/C21H16ClN5O2/c1-14-9-10-16(12-18(14)22)23-21(28)19(13-17-8-5-11-29-17)27-20(24-25-26-27)15-6-3-2-4-7-15/h2-13H,1H3,(H,23,28)/b19-13-. The Morgan fingerprint density at radius 3 is 2.69 bits per heavy atom. The van der Waals surface area contributed by atoms with E-state index in [1.54, 1.807) is 30.3 Å². The van der Waals surface area contributed by atoms with Crippen molar-refractivity contribution in [3.05, 3.63) is 83.3 Å². The zero-order chi connectivity index (χ0) is 20.2. The molecule has 0 aliphatic carbocycles. The first-order valence-corrected chi connectivity index (χ1v) is 9.16. The monoisotopic (exact) mass is 405 g/mol. The van der Waals surface area contributed by atoms with E-state index in [4.69, 9.17) is 16.0 Å². The minimum atomic E-state index is -0.411. The molecule has 2 aromatic heterocycles. The highest BCUT2D eigenvalue weighted by atomic mass is 35.5. The van der Waals surface area contributed by atoms with E-state index in [2.05, 4.69) is 20.8 Å². The molecule has 0 saturated carbocycles. The van der Waals surface area contributed by atoms with Crippen LogP contribution < -0.4 is 5.32 Å². The highest BCUT2D eigenvalue weighted by Gasteiger charge is 2.20. The van der Waals surface area contributed by atoms with Crippen LogP contribution in [0.25, 0.3) is 23.2 Å². The van der Waals surface area contributed by atoms with Crippen molar-refractivity contribution in [3.63, 3.8) is 0 Å². The van der Waals surface area contributed by atoms with Crippen molar-refractivity contribution in [2.75, 3.05) is 5.32 Å². The van der Waals surface area contributed by atoms with Gasteiger partial charge in [0.15, 0.2) is 5.82 Å². The summed E-state index contributed by atoms with van der Waals surface area (Å²) in [5.41, 5.74) is 2.45. The maximum Gasteiger partial charge on any atom is 0.274 e. The van der Waals surface area contributed by atoms with Crippen molar-refractivity contribution in [2.24, 2.45) is 0 Å². The second kappa shape index (κ2) is 8.12. The Hall–Kier alpha value is -3.71. The fraction of sp³-hybridized carbons (Fsp3) is 0.0476. The lowest BCUT2D eigenvalue weighted by Crippen LogP contribution is -2.19. The van der Waals surface area contributed by atoms with Crippen LogP contribution in [0.15, 0.2) is 71.3 Å². The van der Waals surface area contributed by atoms with Crippen LogP contribution in [0.4, 0.5) is 5.69 Å². The highest BCUT2D eigenvalue weighted by molar-refractivity contribution is 6.32. The summed E-state index contributed by atoms with van der Waals surface area (Å²) in [6.45, 7) is 1.89. The summed E-state index contributed by atoms with van der Waals surface area (Å²) in [7, 11) is 0. The average Bonchev–Trinajstić information content (AvgIpc) is 3.41. The fourth-order valence-electron chi connectivity index (χ4n) is 2.71. The number of amides is 1. The Bertz CT molecular complexity index is 1170. The molecular weight excluding hydrogens is 390 g/mol. The van der Waals surface area contributed by atoms with Gasteiger partial charge in [0.1, 0.15) is 11.5 Å².